The summed E-state index contributed by atoms with van der Waals surface area (Å²) in [6.07, 6.45) is 0. The molecule has 1 heterocycles. The molecule has 8 nitrogen and oxygen atoms in total. The Bertz CT molecular complexity index is 716. The third-order valence-corrected chi connectivity index (χ3v) is 2.90. The summed E-state index contributed by atoms with van der Waals surface area (Å²) in [7, 11) is 1.38. The minimum atomic E-state index is -0.636. The highest BCUT2D eigenvalue weighted by Gasteiger charge is 2.18. The minimum Gasteiger partial charge on any atom is -0.484 e. The molecule has 8 heteroatoms. The molecule has 0 saturated carbocycles. The van der Waals surface area contributed by atoms with E-state index in [9.17, 15) is 14.9 Å². The van der Waals surface area contributed by atoms with Crippen LogP contribution in [0.1, 0.15) is 5.56 Å². The predicted molar refractivity (Wildman–Crippen MR) is 82.7 cm³/mol. The van der Waals surface area contributed by atoms with Gasteiger partial charge in [-0.1, -0.05) is 17.7 Å². The topological polar surface area (TPSA) is 104 Å². The Morgan fingerprint density at radius 3 is 2.57 bits per heavy atom. The first-order valence-corrected chi connectivity index (χ1v) is 6.68. The number of aromatic nitrogens is 1. The molecule has 0 spiro atoms. The molecule has 0 aliphatic rings. The van der Waals surface area contributed by atoms with Gasteiger partial charge in [-0.3, -0.25) is 14.9 Å². The van der Waals surface area contributed by atoms with E-state index in [1.54, 1.807) is 12.1 Å². The summed E-state index contributed by atoms with van der Waals surface area (Å²) in [5, 5.41) is 13.3. The second kappa shape index (κ2) is 7.21. The molecule has 0 unspecified atom stereocenters. The Labute approximate surface area is 132 Å². The van der Waals surface area contributed by atoms with Gasteiger partial charge in [-0.25, -0.2) is 0 Å². The van der Waals surface area contributed by atoms with Crippen LogP contribution in [-0.4, -0.2) is 29.5 Å². The van der Waals surface area contributed by atoms with Gasteiger partial charge in [0.25, 0.3) is 5.91 Å². The van der Waals surface area contributed by atoms with E-state index >= 15 is 0 Å². The number of ether oxygens (including phenoxy) is 2. The van der Waals surface area contributed by atoms with E-state index in [1.165, 1.54) is 19.2 Å². The van der Waals surface area contributed by atoms with Gasteiger partial charge >= 0.3 is 5.69 Å². The number of carbonyl (C=O) groups is 1. The van der Waals surface area contributed by atoms with E-state index in [0.717, 1.165) is 5.56 Å². The number of hydrogen-bond acceptors (Lipinski definition) is 6. The standard InChI is InChI=1S/C15H15N3O5/c1-10-3-5-11(6-4-10)23-9-13(19)16-15-12(18(20)21)7-8-14(17-15)22-2/h3-8H,9H2,1-2H3,(H,16,17,19). The number of rotatable bonds is 6. The third kappa shape index (κ3) is 4.40. The largest absolute Gasteiger partial charge is 0.484 e. The van der Waals surface area contributed by atoms with Crippen molar-refractivity contribution < 1.29 is 19.2 Å². The summed E-state index contributed by atoms with van der Waals surface area (Å²) in [6.45, 7) is 1.64. The molecule has 0 aliphatic heterocycles. The van der Waals surface area contributed by atoms with Crippen LogP contribution in [0.4, 0.5) is 11.5 Å². The highest BCUT2D eigenvalue weighted by atomic mass is 16.6. The van der Waals surface area contributed by atoms with Gasteiger partial charge in [-0.15, -0.1) is 0 Å². The molecule has 0 atom stereocenters. The van der Waals surface area contributed by atoms with Crippen molar-refractivity contribution in [2.24, 2.45) is 0 Å². The third-order valence-electron chi connectivity index (χ3n) is 2.90. The smallest absolute Gasteiger partial charge is 0.312 e. The van der Waals surface area contributed by atoms with Crippen molar-refractivity contribution in [1.29, 1.82) is 0 Å². The van der Waals surface area contributed by atoms with Gasteiger partial charge in [0, 0.05) is 12.1 Å². The van der Waals surface area contributed by atoms with Crippen LogP contribution in [0.3, 0.4) is 0 Å². The zero-order valence-electron chi connectivity index (χ0n) is 12.6. The lowest BCUT2D eigenvalue weighted by atomic mass is 10.2. The minimum absolute atomic E-state index is 0.158. The molecule has 1 N–H and O–H groups in total. The SMILES string of the molecule is COc1ccc([N+](=O)[O-])c(NC(=O)COc2ccc(C)cc2)n1. The molecule has 0 bridgehead atoms. The molecule has 1 aromatic carbocycles. The van der Waals surface area contributed by atoms with E-state index in [1.807, 2.05) is 19.1 Å². The molecule has 120 valence electrons. The maximum Gasteiger partial charge on any atom is 0.312 e. The molecule has 23 heavy (non-hydrogen) atoms. The number of nitrogens with one attached hydrogen (secondary N) is 1. The van der Waals surface area contributed by atoms with Crippen LogP contribution in [0.5, 0.6) is 11.6 Å². The molecule has 2 aromatic rings. The normalized spacial score (nSPS) is 10.0. The predicted octanol–water partition coefficient (Wildman–Crippen LogP) is 2.32. The average molecular weight is 317 g/mol. The van der Waals surface area contributed by atoms with Crippen LogP contribution >= 0.6 is 0 Å². The lowest BCUT2D eigenvalue weighted by Gasteiger charge is -2.08. The van der Waals surface area contributed by atoms with Gasteiger partial charge in [0.15, 0.2) is 6.61 Å². The van der Waals surface area contributed by atoms with Gasteiger partial charge < -0.3 is 14.8 Å². The van der Waals surface area contributed by atoms with Gasteiger partial charge in [-0.2, -0.15) is 4.98 Å². The first kappa shape index (κ1) is 16.2. The van der Waals surface area contributed by atoms with Crippen molar-refractivity contribution in [2.45, 2.75) is 6.92 Å². The Balaban J connectivity index is 2.04. The molecule has 1 amide bonds. The second-order valence-electron chi connectivity index (χ2n) is 4.63. The monoisotopic (exact) mass is 317 g/mol. The fourth-order valence-electron chi connectivity index (χ4n) is 1.74. The number of methoxy groups -OCH3 is 1. The van der Waals surface area contributed by atoms with Crippen LogP contribution in [0, 0.1) is 17.0 Å². The van der Waals surface area contributed by atoms with Crippen LogP contribution < -0.4 is 14.8 Å². The second-order valence-corrected chi connectivity index (χ2v) is 4.63. The molecule has 1 aromatic heterocycles. The number of pyridine rings is 1. The van der Waals surface area contributed by atoms with Gasteiger partial charge in [0.1, 0.15) is 5.75 Å². The number of amides is 1. The fraction of sp³-hybridized carbons (Fsp3) is 0.200. The molecule has 0 aliphatic carbocycles. The van der Waals surface area contributed by atoms with Gasteiger partial charge in [-0.05, 0) is 19.1 Å². The van der Waals surface area contributed by atoms with Crippen molar-refractivity contribution in [2.75, 3.05) is 19.0 Å². The van der Waals surface area contributed by atoms with Crippen molar-refractivity contribution in [3.05, 3.63) is 52.1 Å². The van der Waals surface area contributed by atoms with Crippen molar-refractivity contribution in [3.8, 4) is 11.6 Å². The fourth-order valence-corrected chi connectivity index (χ4v) is 1.74. The van der Waals surface area contributed by atoms with Crippen LogP contribution in [-0.2, 0) is 4.79 Å². The van der Waals surface area contributed by atoms with E-state index in [2.05, 4.69) is 10.3 Å². The lowest BCUT2D eigenvalue weighted by molar-refractivity contribution is -0.384. The summed E-state index contributed by atoms with van der Waals surface area (Å²) in [4.78, 5) is 26.1. The van der Waals surface area contributed by atoms with Gasteiger partial charge in [0.05, 0.1) is 12.0 Å². The molecule has 2 rings (SSSR count). The lowest BCUT2D eigenvalue weighted by Crippen LogP contribution is -2.21. The van der Waals surface area contributed by atoms with Crippen LogP contribution in [0.25, 0.3) is 0 Å². The maximum absolute atomic E-state index is 11.9. The van der Waals surface area contributed by atoms with Crippen LogP contribution in [0.2, 0.25) is 0 Å². The molecular formula is C15H15N3O5. The quantitative estimate of drug-likeness (QED) is 0.647. The van der Waals surface area contributed by atoms with E-state index in [0.29, 0.717) is 5.75 Å². The summed E-state index contributed by atoms with van der Waals surface area (Å²) in [6, 6.07) is 9.71. The van der Waals surface area contributed by atoms with E-state index in [4.69, 9.17) is 9.47 Å². The molecule has 0 saturated heterocycles. The number of nitro groups is 1. The highest BCUT2D eigenvalue weighted by molar-refractivity contribution is 5.93. The Hall–Kier alpha value is -3.16. The molecule has 0 fully saturated rings. The number of benzene rings is 1. The van der Waals surface area contributed by atoms with Gasteiger partial charge in [0.2, 0.25) is 11.7 Å². The summed E-state index contributed by atoms with van der Waals surface area (Å²) in [5.74, 6) is -0.0644. The summed E-state index contributed by atoms with van der Waals surface area (Å²) >= 11 is 0. The zero-order chi connectivity index (χ0) is 16.8. The van der Waals surface area contributed by atoms with Crippen molar-refractivity contribution >= 4 is 17.4 Å². The number of anilines is 1. The number of nitrogens with zero attached hydrogens (tertiary/aromatic N) is 2. The number of carbonyl (C=O) groups excluding carboxylic acids is 1. The van der Waals surface area contributed by atoms with Crippen LogP contribution in [0.15, 0.2) is 36.4 Å². The average Bonchev–Trinajstić information content (AvgIpc) is 2.54. The Morgan fingerprint density at radius 2 is 1.96 bits per heavy atom. The van der Waals surface area contributed by atoms with E-state index in [-0.39, 0.29) is 24.0 Å². The maximum atomic E-state index is 11.9. The molecule has 0 radical (unpaired) electrons. The summed E-state index contributed by atoms with van der Waals surface area (Å²) < 4.78 is 10.2. The zero-order valence-corrected chi connectivity index (χ0v) is 12.6. The Morgan fingerprint density at radius 1 is 1.26 bits per heavy atom. The first-order chi connectivity index (χ1) is 11.0. The first-order valence-electron chi connectivity index (χ1n) is 6.68. The Kier molecular flexibility index (Phi) is 5.08. The number of hydrogen-bond donors (Lipinski definition) is 1. The van der Waals surface area contributed by atoms with Crippen molar-refractivity contribution in [3.63, 3.8) is 0 Å². The van der Waals surface area contributed by atoms with E-state index < -0.39 is 10.8 Å². The molecular weight excluding hydrogens is 302 g/mol. The number of aryl methyl sites for hydroxylation is 1. The highest BCUT2D eigenvalue weighted by Crippen LogP contribution is 2.24. The summed E-state index contributed by atoms with van der Waals surface area (Å²) in [5.41, 5.74) is 0.743. The van der Waals surface area contributed by atoms with Crippen molar-refractivity contribution in [1.82, 2.24) is 4.98 Å².